The fraction of sp³-hybridized carbons (Fsp3) is 0.692. The van der Waals surface area contributed by atoms with E-state index in [2.05, 4.69) is 47.6 Å². The van der Waals surface area contributed by atoms with Crippen molar-refractivity contribution in [3.63, 3.8) is 0 Å². The molecule has 0 amide bonds. The highest BCUT2D eigenvalue weighted by Gasteiger charge is 2.00. The van der Waals surface area contributed by atoms with Gasteiger partial charge in [-0.3, -0.25) is 9.67 Å². The summed E-state index contributed by atoms with van der Waals surface area (Å²) in [5, 5.41) is 10.9. The van der Waals surface area contributed by atoms with Gasteiger partial charge in [0.15, 0.2) is 5.96 Å². The van der Waals surface area contributed by atoms with Gasteiger partial charge in [-0.15, -0.1) is 24.0 Å². The largest absolute Gasteiger partial charge is 0.357 e. The average Bonchev–Trinajstić information content (AvgIpc) is 2.64. The van der Waals surface area contributed by atoms with Gasteiger partial charge in [0, 0.05) is 31.9 Å². The Morgan fingerprint density at radius 1 is 1.26 bits per heavy atom. The lowest BCUT2D eigenvalue weighted by atomic mass is 10.4. The summed E-state index contributed by atoms with van der Waals surface area (Å²) >= 11 is 0. The van der Waals surface area contributed by atoms with Gasteiger partial charge in [0.2, 0.25) is 0 Å². The molecular weight excluding hydrogens is 353 g/mol. The van der Waals surface area contributed by atoms with Gasteiger partial charge in [-0.1, -0.05) is 0 Å². The van der Waals surface area contributed by atoms with Gasteiger partial charge >= 0.3 is 0 Å². The van der Waals surface area contributed by atoms with Crippen LogP contribution in [0.4, 0.5) is 0 Å². The van der Waals surface area contributed by atoms with Crippen molar-refractivity contribution < 1.29 is 0 Å². The molecule has 0 unspecified atom stereocenters. The molecular formula is C13H26IN5. The zero-order valence-corrected chi connectivity index (χ0v) is 14.7. The van der Waals surface area contributed by atoms with Crippen LogP contribution >= 0.6 is 24.0 Å². The Morgan fingerprint density at radius 3 is 2.37 bits per heavy atom. The van der Waals surface area contributed by atoms with E-state index < -0.39 is 0 Å². The van der Waals surface area contributed by atoms with E-state index in [9.17, 15) is 0 Å². The number of hydrogen-bond donors (Lipinski definition) is 2. The van der Waals surface area contributed by atoms with Crippen LogP contribution in [0.15, 0.2) is 11.1 Å². The summed E-state index contributed by atoms with van der Waals surface area (Å²) in [5.74, 6) is 0.897. The second kappa shape index (κ2) is 10.1. The first-order valence-corrected chi connectivity index (χ1v) is 6.70. The van der Waals surface area contributed by atoms with Crippen molar-refractivity contribution in [1.82, 2.24) is 20.4 Å². The lowest BCUT2D eigenvalue weighted by Crippen LogP contribution is -2.37. The van der Waals surface area contributed by atoms with Crippen LogP contribution in [-0.2, 0) is 6.54 Å². The third-order valence-electron chi connectivity index (χ3n) is 2.59. The van der Waals surface area contributed by atoms with Crippen LogP contribution in [0.25, 0.3) is 0 Å². The Labute approximate surface area is 133 Å². The number of aryl methyl sites for hydroxylation is 3. The fourth-order valence-electron chi connectivity index (χ4n) is 1.82. The normalized spacial score (nSPS) is 9.68. The van der Waals surface area contributed by atoms with Crippen LogP contribution in [0.3, 0.4) is 0 Å². The molecule has 110 valence electrons. The van der Waals surface area contributed by atoms with E-state index in [0.717, 1.165) is 44.3 Å². The maximum absolute atomic E-state index is 4.51. The van der Waals surface area contributed by atoms with Crippen LogP contribution < -0.4 is 10.6 Å². The van der Waals surface area contributed by atoms with Gasteiger partial charge < -0.3 is 10.6 Å². The predicted molar refractivity (Wildman–Crippen MR) is 91.4 cm³/mol. The van der Waals surface area contributed by atoms with Crippen LogP contribution in [0.1, 0.15) is 31.7 Å². The summed E-state index contributed by atoms with van der Waals surface area (Å²) in [6.45, 7) is 11.8. The van der Waals surface area contributed by atoms with Gasteiger partial charge in [-0.05, 0) is 40.2 Å². The molecule has 1 aromatic heterocycles. The lowest BCUT2D eigenvalue weighted by molar-refractivity contribution is 0.567. The molecule has 5 nitrogen and oxygen atoms in total. The van der Waals surface area contributed by atoms with E-state index in [1.54, 1.807) is 0 Å². The van der Waals surface area contributed by atoms with E-state index >= 15 is 0 Å². The van der Waals surface area contributed by atoms with Crippen LogP contribution in [0.5, 0.6) is 0 Å². The highest BCUT2D eigenvalue weighted by Crippen LogP contribution is 2.02. The number of nitrogens with zero attached hydrogens (tertiary/aromatic N) is 3. The highest BCUT2D eigenvalue weighted by atomic mass is 127. The van der Waals surface area contributed by atoms with Crippen LogP contribution in [0, 0.1) is 13.8 Å². The molecule has 1 aromatic rings. The van der Waals surface area contributed by atoms with E-state index in [-0.39, 0.29) is 24.0 Å². The minimum Gasteiger partial charge on any atom is -0.357 e. The molecule has 1 heterocycles. The number of hydrogen-bond acceptors (Lipinski definition) is 2. The Kier molecular flexibility index (Phi) is 9.63. The molecule has 0 saturated carbocycles. The summed E-state index contributed by atoms with van der Waals surface area (Å²) in [5.41, 5.74) is 2.30. The van der Waals surface area contributed by atoms with Gasteiger partial charge in [-0.25, -0.2) is 0 Å². The fourth-order valence-corrected chi connectivity index (χ4v) is 1.82. The van der Waals surface area contributed by atoms with Crippen molar-refractivity contribution in [2.75, 3.05) is 19.6 Å². The highest BCUT2D eigenvalue weighted by molar-refractivity contribution is 14.0. The van der Waals surface area contributed by atoms with Crippen molar-refractivity contribution in [2.45, 2.75) is 40.7 Å². The van der Waals surface area contributed by atoms with E-state index in [1.165, 1.54) is 5.69 Å². The predicted octanol–water partition coefficient (Wildman–Crippen LogP) is 2.08. The summed E-state index contributed by atoms with van der Waals surface area (Å²) < 4.78 is 2.05. The number of halogens is 1. The van der Waals surface area contributed by atoms with Crippen molar-refractivity contribution in [3.05, 3.63) is 17.5 Å². The van der Waals surface area contributed by atoms with Crippen molar-refractivity contribution in [2.24, 2.45) is 4.99 Å². The maximum Gasteiger partial charge on any atom is 0.191 e. The van der Waals surface area contributed by atoms with E-state index in [0.29, 0.717) is 0 Å². The summed E-state index contributed by atoms with van der Waals surface area (Å²) in [4.78, 5) is 4.51. The molecule has 0 spiro atoms. The van der Waals surface area contributed by atoms with Gasteiger partial charge in [0.1, 0.15) is 0 Å². The number of guanidine groups is 1. The Hall–Kier alpha value is -0.790. The molecule has 0 aromatic carbocycles. The third-order valence-corrected chi connectivity index (χ3v) is 2.59. The molecule has 0 bridgehead atoms. The quantitative estimate of drug-likeness (QED) is 0.345. The summed E-state index contributed by atoms with van der Waals surface area (Å²) in [6, 6.07) is 2.10. The first-order chi connectivity index (χ1) is 8.67. The van der Waals surface area contributed by atoms with Crippen molar-refractivity contribution in [1.29, 1.82) is 0 Å². The second-order valence-corrected chi connectivity index (χ2v) is 4.29. The van der Waals surface area contributed by atoms with Gasteiger partial charge in [-0.2, -0.15) is 5.10 Å². The first kappa shape index (κ1) is 18.2. The summed E-state index contributed by atoms with van der Waals surface area (Å²) in [7, 11) is 0. The SMILES string of the molecule is CCNC(=NCCCn1nc(C)cc1C)NCC.I. The first-order valence-electron chi connectivity index (χ1n) is 6.70. The molecule has 19 heavy (non-hydrogen) atoms. The zero-order chi connectivity index (χ0) is 13.4. The molecule has 1 rings (SSSR count). The van der Waals surface area contributed by atoms with Crippen molar-refractivity contribution in [3.8, 4) is 0 Å². The standard InChI is InChI=1S/C13H25N5.HI/c1-5-14-13(15-6-2)16-8-7-9-18-12(4)10-11(3)17-18;/h10H,5-9H2,1-4H3,(H2,14,15,16);1H. The Balaban J connectivity index is 0.00000324. The monoisotopic (exact) mass is 379 g/mol. The van der Waals surface area contributed by atoms with E-state index in [1.807, 2.05) is 11.6 Å². The number of rotatable bonds is 6. The molecule has 6 heteroatoms. The lowest BCUT2D eigenvalue weighted by Gasteiger charge is -2.09. The zero-order valence-electron chi connectivity index (χ0n) is 12.4. The van der Waals surface area contributed by atoms with Crippen LogP contribution in [0.2, 0.25) is 0 Å². The number of aromatic nitrogens is 2. The minimum absolute atomic E-state index is 0. The third kappa shape index (κ3) is 6.79. The molecule has 0 fully saturated rings. The average molecular weight is 379 g/mol. The second-order valence-electron chi connectivity index (χ2n) is 4.29. The van der Waals surface area contributed by atoms with Gasteiger partial charge in [0.25, 0.3) is 0 Å². The molecule has 2 N–H and O–H groups in total. The Bertz CT molecular complexity index is 378. The maximum atomic E-state index is 4.51. The van der Waals surface area contributed by atoms with Gasteiger partial charge in [0.05, 0.1) is 5.69 Å². The molecule has 0 aliphatic carbocycles. The number of aliphatic imine (C=N–C) groups is 1. The molecule has 0 aliphatic heterocycles. The molecule has 0 saturated heterocycles. The molecule has 0 atom stereocenters. The van der Waals surface area contributed by atoms with Crippen LogP contribution in [-0.4, -0.2) is 35.4 Å². The molecule has 0 radical (unpaired) electrons. The number of nitrogens with one attached hydrogen (secondary N) is 2. The smallest absolute Gasteiger partial charge is 0.191 e. The van der Waals surface area contributed by atoms with Crippen molar-refractivity contribution >= 4 is 29.9 Å². The molecule has 0 aliphatic rings. The van der Waals surface area contributed by atoms with E-state index in [4.69, 9.17) is 0 Å². The summed E-state index contributed by atoms with van der Waals surface area (Å²) in [6.07, 6.45) is 1.00. The topological polar surface area (TPSA) is 54.2 Å². The Morgan fingerprint density at radius 2 is 1.89 bits per heavy atom. The minimum atomic E-state index is 0.